The van der Waals surface area contributed by atoms with Gasteiger partial charge in [0.1, 0.15) is 5.75 Å². The second kappa shape index (κ2) is 8.65. The average molecular weight is 340 g/mol. The number of aromatic hydroxyl groups is 1. The number of nitrogens with zero attached hydrogens (tertiary/aromatic N) is 1. The molecule has 0 saturated carbocycles. The van der Waals surface area contributed by atoms with Gasteiger partial charge in [0, 0.05) is 26.2 Å². The summed E-state index contributed by atoms with van der Waals surface area (Å²) in [5.41, 5.74) is 2.01. The van der Waals surface area contributed by atoms with E-state index in [0.29, 0.717) is 39.4 Å². The number of phenols is 1. The third-order valence-electron chi connectivity index (χ3n) is 4.41. The molecule has 2 aromatic carbocycles. The summed E-state index contributed by atoms with van der Waals surface area (Å²) in [5, 5.41) is 12.9. The Labute approximate surface area is 148 Å². The Kier molecular flexibility index (Phi) is 6.04. The zero-order valence-corrected chi connectivity index (χ0v) is 14.2. The highest BCUT2D eigenvalue weighted by Gasteiger charge is 2.26. The lowest BCUT2D eigenvalue weighted by atomic mass is 9.97. The summed E-state index contributed by atoms with van der Waals surface area (Å²) in [6, 6.07) is 17.0. The molecule has 5 nitrogen and oxygen atoms in total. The highest BCUT2D eigenvalue weighted by atomic mass is 16.5. The molecule has 1 amide bonds. The van der Waals surface area contributed by atoms with Crippen LogP contribution in [0.4, 0.5) is 0 Å². The smallest absolute Gasteiger partial charge is 0.231 e. The van der Waals surface area contributed by atoms with E-state index in [4.69, 9.17) is 4.74 Å². The molecule has 0 radical (unpaired) electrons. The minimum Gasteiger partial charge on any atom is -0.508 e. The number of rotatable bonds is 6. The Morgan fingerprint density at radius 2 is 1.88 bits per heavy atom. The first kappa shape index (κ1) is 17.5. The van der Waals surface area contributed by atoms with Gasteiger partial charge in [0.2, 0.25) is 5.91 Å². The van der Waals surface area contributed by atoms with E-state index in [1.165, 1.54) is 0 Å². The number of nitrogens with one attached hydrogen (secondary N) is 1. The third kappa shape index (κ3) is 4.81. The van der Waals surface area contributed by atoms with E-state index in [1.54, 1.807) is 12.1 Å². The van der Waals surface area contributed by atoms with E-state index in [2.05, 4.69) is 5.32 Å². The van der Waals surface area contributed by atoms with Crippen molar-refractivity contribution in [2.75, 3.05) is 32.8 Å². The van der Waals surface area contributed by atoms with Crippen LogP contribution in [-0.4, -0.2) is 48.8 Å². The minimum absolute atomic E-state index is 0.137. The Bertz CT molecular complexity index is 684. The minimum atomic E-state index is -0.225. The van der Waals surface area contributed by atoms with Crippen LogP contribution in [0.3, 0.4) is 0 Å². The van der Waals surface area contributed by atoms with Crippen LogP contribution in [0.25, 0.3) is 0 Å². The van der Waals surface area contributed by atoms with Crippen molar-refractivity contribution < 1.29 is 14.6 Å². The highest BCUT2D eigenvalue weighted by Crippen LogP contribution is 2.19. The Morgan fingerprint density at radius 1 is 1.12 bits per heavy atom. The molecule has 1 fully saturated rings. The summed E-state index contributed by atoms with van der Waals surface area (Å²) >= 11 is 0. The Morgan fingerprint density at radius 3 is 2.60 bits per heavy atom. The molecule has 1 heterocycles. The van der Waals surface area contributed by atoms with Crippen LogP contribution in [0, 0.1) is 0 Å². The fraction of sp³-hybridized carbons (Fsp3) is 0.350. The molecular formula is C20H24N2O3. The number of benzene rings is 2. The van der Waals surface area contributed by atoms with Crippen molar-refractivity contribution in [2.24, 2.45) is 0 Å². The van der Waals surface area contributed by atoms with E-state index in [9.17, 15) is 9.90 Å². The molecule has 1 atom stereocenters. The number of hydrogen-bond donors (Lipinski definition) is 2. The molecule has 1 saturated heterocycles. The normalized spacial score (nSPS) is 15.8. The number of amides is 1. The zero-order chi connectivity index (χ0) is 17.5. The maximum absolute atomic E-state index is 13.0. The zero-order valence-electron chi connectivity index (χ0n) is 14.2. The lowest BCUT2D eigenvalue weighted by Crippen LogP contribution is -2.45. The van der Waals surface area contributed by atoms with Gasteiger partial charge in [-0.05, 0) is 23.3 Å². The molecule has 2 aromatic rings. The van der Waals surface area contributed by atoms with Gasteiger partial charge in [-0.3, -0.25) is 4.79 Å². The molecule has 0 bridgehead atoms. The molecule has 5 heteroatoms. The monoisotopic (exact) mass is 340 g/mol. The number of ether oxygens (including phenoxy) is 1. The van der Waals surface area contributed by atoms with Crippen molar-refractivity contribution in [3.63, 3.8) is 0 Å². The van der Waals surface area contributed by atoms with Crippen molar-refractivity contribution in [1.29, 1.82) is 0 Å². The van der Waals surface area contributed by atoms with Crippen molar-refractivity contribution in [1.82, 2.24) is 10.2 Å². The van der Waals surface area contributed by atoms with Gasteiger partial charge >= 0.3 is 0 Å². The second-order valence-electron chi connectivity index (χ2n) is 6.20. The number of carbonyl (C=O) groups is 1. The van der Waals surface area contributed by atoms with Crippen LogP contribution in [0.2, 0.25) is 0 Å². The third-order valence-corrected chi connectivity index (χ3v) is 4.41. The predicted molar refractivity (Wildman–Crippen MR) is 96.4 cm³/mol. The van der Waals surface area contributed by atoms with E-state index < -0.39 is 0 Å². The van der Waals surface area contributed by atoms with Gasteiger partial charge < -0.3 is 20.1 Å². The standard InChI is InChI=1S/C20H24N2O3/c23-18-8-4-5-16(13-18)14-21-15-19(17-6-2-1-3-7-17)20(24)22-9-11-25-12-10-22/h1-8,13,19,21,23H,9-12,14-15H2/t19-/m1/s1. The molecule has 0 unspecified atom stereocenters. The van der Waals surface area contributed by atoms with Gasteiger partial charge in [-0.15, -0.1) is 0 Å². The van der Waals surface area contributed by atoms with Crippen LogP contribution >= 0.6 is 0 Å². The van der Waals surface area contributed by atoms with Crippen molar-refractivity contribution in [3.05, 3.63) is 65.7 Å². The predicted octanol–water partition coefficient (Wildman–Crippen LogP) is 2.12. The molecule has 0 aliphatic carbocycles. The molecule has 1 aliphatic heterocycles. The van der Waals surface area contributed by atoms with Gasteiger partial charge in [-0.2, -0.15) is 0 Å². The molecule has 0 aromatic heterocycles. The van der Waals surface area contributed by atoms with Crippen molar-refractivity contribution in [3.8, 4) is 5.75 Å². The highest BCUT2D eigenvalue weighted by molar-refractivity contribution is 5.84. The largest absolute Gasteiger partial charge is 0.508 e. The van der Waals surface area contributed by atoms with Crippen molar-refractivity contribution >= 4 is 5.91 Å². The van der Waals surface area contributed by atoms with E-state index in [1.807, 2.05) is 47.4 Å². The summed E-state index contributed by atoms with van der Waals surface area (Å²) in [4.78, 5) is 14.9. The quantitative estimate of drug-likeness (QED) is 0.846. The van der Waals surface area contributed by atoms with Gasteiger partial charge in [-0.1, -0.05) is 42.5 Å². The van der Waals surface area contributed by atoms with E-state index in [-0.39, 0.29) is 17.6 Å². The molecule has 132 valence electrons. The van der Waals surface area contributed by atoms with Crippen LogP contribution in [0.1, 0.15) is 17.0 Å². The van der Waals surface area contributed by atoms with Gasteiger partial charge in [0.05, 0.1) is 19.1 Å². The van der Waals surface area contributed by atoms with Crippen LogP contribution < -0.4 is 5.32 Å². The number of phenolic OH excluding ortho intramolecular Hbond substituents is 1. The van der Waals surface area contributed by atoms with E-state index >= 15 is 0 Å². The number of carbonyl (C=O) groups excluding carboxylic acids is 1. The van der Waals surface area contributed by atoms with Crippen molar-refractivity contribution in [2.45, 2.75) is 12.5 Å². The van der Waals surface area contributed by atoms with Gasteiger partial charge in [-0.25, -0.2) is 0 Å². The van der Waals surface area contributed by atoms with Crippen LogP contribution in [0.5, 0.6) is 5.75 Å². The topological polar surface area (TPSA) is 61.8 Å². The fourth-order valence-electron chi connectivity index (χ4n) is 3.06. The number of hydrogen-bond acceptors (Lipinski definition) is 4. The Balaban J connectivity index is 1.67. The first-order valence-corrected chi connectivity index (χ1v) is 8.64. The first-order valence-electron chi connectivity index (χ1n) is 8.64. The molecule has 1 aliphatic rings. The van der Waals surface area contributed by atoms with E-state index in [0.717, 1.165) is 11.1 Å². The van der Waals surface area contributed by atoms with Crippen LogP contribution in [-0.2, 0) is 16.1 Å². The fourth-order valence-corrected chi connectivity index (χ4v) is 3.06. The lowest BCUT2D eigenvalue weighted by molar-refractivity contribution is -0.136. The molecular weight excluding hydrogens is 316 g/mol. The summed E-state index contributed by atoms with van der Waals surface area (Å²) in [6.07, 6.45) is 0. The average Bonchev–Trinajstić information content (AvgIpc) is 2.66. The lowest BCUT2D eigenvalue weighted by Gasteiger charge is -2.30. The van der Waals surface area contributed by atoms with Crippen LogP contribution in [0.15, 0.2) is 54.6 Å². The maximum Gasteiger partial charge on any atom is 0.231 e. The van der Waals surface area contributed by atoms with Gasteiger partial charge in [0.15, 0.2) is 0 Å². The summed E-state index contributed by atoms with van der Waals surface area (Å²) in [6.45, 7) is 3.65. The molecule has 0 spiro atoms. The summed E-state index contributed by atoms with van der Waals surface area (Å²) < 4.78 is 5.35. The second-order valence-corrected chi connectivity index (χ2v) is 6.20. The summed E-state index contributed by atoms with van der Waals surface area (Å²) in [5.74, 6) is 0.165. The SMILES string of the molecule is O=C([C@H](CNCc1cccc(O)c1)c1ccccc1)N1CCOCC1. The molecule has 25 heavy (non-hydrogen) atoms. The molecule has 3 rings (SSSR count). The summed E-state index contributed by atoms with van der Waals surface area (Å²) in [7, 11) is 0. The van der Waals surface area contributed by atoms with Gasteiger partial charge in [0.25, 0.3) is 0 Å². The maximum atomic E-state index is 13.0. The Hall–Kier alpha value is -2.37. The molecule has 2 N–H and O–H groups in total. The first-order chi connectivity index (χ1) is 12.2. The number of morpholine rings is 1.